The first-order valence-corrected chi connectivity index (χ1v) is 6.09. The molecule has 2 nitrogen and oxygen atoms in total. The van der Waals surface area contributed by atoms with E-state index in [1.165, 1.54) is 5.56 Å². The van der Waals surface area contributed by atoms with E-state index in [-0.39, 0.29) is 0 Å². The first kappa shape index (κ1) is 10.6. The number of aryl methyl sites for hydroxylation is 1. The van der Waals surface area contributed by atoms with Crippen LogP contribution in [0.1, 0.15) is 12.0 Å². The molecular formula is C14H12ClNO. The van der Waals surface area contributed by atoms with Gasteiger partial charge in [0.15, 0.2) is 0 Å². The van der Waals surface area contributed by atoms with E-state index in [0.29, 0.717) is 5.02 Å². The number of fused-ring (bicyclic) bond motifs is 1. The molecule has 2 aromatic rings. The van der Waals surface area contributed by atoms with Crippen molar-refractivity contribution in [3.8, 4) is 17.0 Å². The summed E-state index contributed by atoms with van der Waals surface area (Å²) in [4.78, 5) is 4.35. The lowest BCUT2D eigenvalue weighted by Crippen LogP contribution is -2.09. The normalized spacial score (nSPS) is 13.9. The summed E-state index contributed by atoms with van der Waals surface area (Å²) in [5, 5.41) is 0.698. The van der Waals surface area contributed by atoms with Gasteiger partial charge in [-0.05, 0) is 36.6 Å². The summed E-state index contributed by atoms with van der Waals surface area (Å²) >= 11 is 6.00. The minimum absolute atomic E-state index is 0.698. The molecule has 0 aliphatic carbocycles. The lowest BCUT2D eigenvalue weighted by molar-refractivity contribution is 0.289. The standard InChI is InChI=1S/C14H12ClNO/c15-11-6-7-16-13(9-11)12-5-1-3-10-4-2-8-17-14(10)12/h1,3,5-7,9H,2,4,8H2. The van der Waals surface area contributed by atoms with Crippen LogP contribution in [0, 0.1) is 0 Å². The number of benzene rings is 1. The SMILES string of the molecule is Clc1ccnc(-c2cccc3c2OCCC3)c1. The number of hydrogen-bond acceptors (Lipinski definition) is 2. The zero-order valence-electron chi connectivity index (χ0n) is 9.32. The molecule has 0 unspecified atom stereocenters. The molecule has 1 aliphatic heterocycles. The molecule has 0 spiro atoms. The van der Waals surface area contributed by atoms with Gasteiger partial charge in [0.2, 0.25) is 0 Å². The Labute approximate surface area is 105 Å². The minimum Gasteiger partial charge on any atom is -0.493 e. The summed E-state index contributed by atoms with van der Waals surface area (Å²) in [6.07, 6.45) is 3.88. The van der Waals surface area contributed by atoms with Gasteiger partial charge in [-0.3, -0.25) is 4.98 Å². The van der Waals surface area contributed by atoms with Gasteiger partial charge in [0.1, 0.15) is 5.75 Å². The molecule has 0 bridgehead atoms. The summed E-state index contributed by atoms with van der Waals surface area (Å²) < 4.78 is 5.77. The minimum atomic E-state index is 0.698. The third kappa shape index (κ3) is 2.01. The van der Waals surface area contributed by atoms with Crippen molar-refractivity contribution >= 4 is 11.6 Å². The molecule has 17 heavy (non-hydrogen) atoms. The number of pyridine rings is 1. The first-order valence-electron chi connectivity index (χ1n) is 5.71. The van der Waals surface area contributed by atoms with E-state index in [2.05, 4.69) is 11.1 Å². The van der Waals surface area contributed by atoms with Gasteiger partial charge in [0.05, 0.1) is 12.3 Å². The predicted molar refractivity (Wildman–Crippen MR) is 68.5 cm³/mol. The van der Waals surface area contributed by atoms with E-state index in [0.717, 1.165) is 36.5 Å². The second-order valence-electron chi connectivity index (χ2n) is 4.11. The van der Waals surface area contributed by atoms with E-state index in [1.807, 2.05) is 18.2 Å². The summed E-state index contributed by atoms with van der Waals surface area (Å²) in [6.45, 7) is 0.782. The van der Waals surface area contributed by atoms with Gasteiger partial charge in [-0.1, -0.05) is 23.7 Å². The van der Waals surface area contributed by atoms with Crippen LogP contribution >= 0.6 is 11.6 Å². The second-order valence-corrected chi connectivity index (χ2v) is 4.54. The van der Waals surface area contributed by atoms with E-state index in [4.69, 9.17) is 16.3 Å². The number of nitrogens with zero attached hydrogens (tertiary/aromatic N) is 1. The summed E-state index contributed by atoms with van der Waals surface area (Å²) in [6, 6.07) is 9.84. The Morgan fingerprint density at radius 2 is 2.18 bits per heavy atom. The highest BCUT2D eigenvalue weighted by Gasteiger charge is 2.15. The van der Waals surface area contributed by atoms with Crippen LogP contribution in [0.4, 0.5) is 0 Å². The third-order valence-corrected chi connectivity index (χ3v) is 3.17. The number of aromatic nitrogens is 1. The molecule has 1 aromatic carbocycles. The Morgan fingerprint density at radius 1 is 1.24 bits per heavy atom. The fourth-order valence-corrected chi connectivity index (χ4v) is 2.30. The molecular weight excluding hydrogens is 234 g/mol. The first-order chi connectivity index (χ1) is 8.34. The van der Waals surface area contributed by atoms with Crippen LogP contribution in [-0.2, 0) is 6.42 Å². The van der Waals surface area contributed by atoms with Gasteiger partial charge < -0.3 is 4.74 Å². The molecule has 0 saturated heterocycles. The van der Waals surface area contributed by atoms with Crippen molar-refractivity contribution in [2.75, 3.05) is 6.61 Å². The van der Waals surface area contributed by atoms with Gasteiger partial charge in [0.25, 0.3) is 0 Å². The van der Waals surface area contributed by atoms with Gasteiger partial charge in [-0.15, -0.1) is 0 Å². The van der Waals surface area contributed by atoms with Crippen LogP contribution in [0.25, 0.3) is 11.3 Å². The Balaban J connectivity index is 2.14. The lowest BCUT2D eigenvalue weighted by Gasteiger charge is -2.20. The van der Waals surface area contributed by atoms with Crippen LogP contribution in [0.15, 0.2) is 36.5 Å². The van der Waals surface area contributed by atoms with Crippen molar-refractivity contribution in [3.05, 3.63) is 47.1 Å². The Hall–Kier alpha value is -1.54. The summed E-state index contributed by atoms with van der Waals surface area (Å²) in [5.41, 5.74) is 3.16. The van der Waals surface area contributed by atoms with Crippen LogP contribution in [0.5, 0.6) is 5.75 Å². The summed E-state index contributed by atoms with van der Waals surface area (Å²) in [7, 11) is 0. The molecule has 0 radical (unpaired) electrons. The van der Waals surface area contributed by atoms with Crippen LogP contribution < -0.4 is 4.74 Å². The predicted octanol–water partition coefficient (Wildman–Crippen LogP) is 3.73. The number of rotatable bonds is 1. The maximum Gasteiger partial charge on any atom is 0.131 e. The fourth-order valence-electron chi connectivity index (χ4n) is 2.14. The van der Waals surface area contributed by atoms with Crippen LogP contribution in [-0.4, -0.2) is 11.6 Å². The van der Waals surface area contributed by atoms with Crippen LogP contribution in [0.3, 0.4) is 0 Å². The number of para-hydroxylation sites is 1. The molecule has 3 rings (SSSR count). The van der Waals surface area contributed by atoms with Gasteiger partial charge in [0, 0.05) is 16.8 Å². The van der Waals surface area contributed by atoms with Gasteiger partial charge in [-0.25, -0.2) is 0 Å². The zero-order valence-corrected chi connectivity index (χ0v) is 10.1. The Kier molecular flexibility index (Phi) is 2.73. The highest BCUT2D eigenvalue weighted by molar-refractivity contribution is 6.30. The maximum absolute atomic E-state index is 6.00. The average molecular weight is 246 g/mol. The molecule has 3 heteroatoms. The van der Waals surface area contributed by atoms with Crippen LogP contribution in [0.2, 0.25) is 5.02 Å². The van der Waals surface area contributed by atoms with Crippen molar-refractivity contribution < 1.29 is 4.74 Å². The van der Waals surface area contributed by atoms with Gasteiger partial charge >= 0.3 is 0 Å². The molecule has 1 aliphatic rings. The van der Waals surface area contributed by atoms with E-state index < -0.39 is 0 Å². The van der Waals surface area contributed by atoms with Crippen molar-refractivity contribution in [1.29, 1.82) is 0 Å². The van der Waals surface area contributed by atoms with E-state index in [9.17, 15) is 0 Å². The van der Waals surface area contributed by atoms with E-state index in [1.54, 1.807) is 12.3 Å². The molecule has 0 N–H and O–H groups in total. The molecule has 0 atom stereocenters. The number of hydrogen-bond donors (Lipinski definition) is 0. The topological polar surface area (TPSA) is 22.1 Å². The maximum atomic E-state index is 6.00. The molecule has 2 heterocycles. The van der Waals surface area contributed by atoms with Crippen molar-refractivity contribution in [1.82, 2.24) is 4.98 Å². The average Bonchev–Trinajstić information content (AvgIpc) is 2.38. The molecule has 0 fully saturated rings. The number of halogens is 1. The Bertz CT molecular complexity index is 554. The second kappa shape index (κ2) is 4.38. The molecule has 0 saturated carbocycles. The van der Waals surface area contributed by atoms with Gasteiger partial charge in [-0.2, -0.15) is 0 Å². The molecule has 86 valence electrons. The largest absolute Gasteiger partial charge is 0.493 e. The zero-order chi connectivity index (χ0) is 11.7. The van der Waals surface area contributed by atoms with Crippen molar-refractivity contribution in [3.63, 3.8) is 0 Å². The third-order valence-electron chi connectivity index (χ3n) is 2.93. The lowest BCUT2D eigenvalue weighted by atomic mass is 10.0. The fraction of sp³-hybridized carbons (Fsp3) is 0.214. The highest BCUT2D eigenvalue weighted by atomic mass is 35.5. The highest BCUT2D eigenvalue weighted by Crippen LogP contribution is 2.35. The molecule has 0 amide bonds. The quantitative estimate of drug-likeness (QED) is 0.764. The summed E-state index contributed by atoms with van der Waals surface area (Å²) in [5.74, 6) is 0.966. The van der Waals surface area contributed by atoms with Crippen molar-refractivity contribution in [2.45, 2.75) is 12.8 Å². The monoisotopic (exact) mass is 245 g/mol. The smallest absolute Gasteiger partial charge is 0.131 e. The molecule has 1 aromatic heterocycles. The van der Waals surface area contributed by atoms with Crippen molar-refractivity contribution in [2.24, 2.45) is 0 Å². The van der Waals surface area contributed by atoms with E-state index >= 15 is 0 Å². The Morgan fingerprint density at radius 3 is 3.06 bits per heavy atom. The number of ether oxygens (including phenoxy) is 1.